The quantitative estimate of drug-likeness (QED) is 0.718. The maximum Gasteiger partial charge on any atom is 0.0594 e. The second kappa shape index (κ2) is 5.25. The van der Waals surface area contributed by atoms with E-state index in [0.29, 0.717) is 6.54 Å². The van der Waals surface area contributed by atoms with E-state index in [9.17, 15) is 0 Å². The Morgan fingerprint density at radius 1 is 1.47 bits per heavy atom. The van der Waals surface area contributed by atoms with E-state index in [0.717, 1.165) is 44.8 Å². The highest BCUT2D eigenvalue weighted by Gasteiger charge is 2.11. The van der Waals surface area contributed by atoms with E-state index in [1.54, 1.807) is 0 Å². The van der Waals surface area contributed by atoms with Crippen LogP contribution in [0.3, 0.4) is 0 Å². The van der Waals surface area contributed by atoms with Gasteiger partial charge in [0.05, 0.1) is 19.4 Å². The Balaban J connectivity index is 1.81. The maximum absolute atomic E-state index is 5.61. The van der Waals surface area contributed by atoms with Crippen molar-refractivity contribution < 1.29 is 4.74 Å². The molecule has 0 aliphatic carbocycles. The number of aromatic nitrogens is 2. The number of aromatic amines is 1. The fourth-order valence-electron chi connectivity index (χ4n) is 1.82. The molecular formula is C10H18N4O. The van der Waals surface area contributed by atoms with Gasteiger partial charge >= 0.3 is 0 Å². The van der Waals surface area contributed by atoms with Gasteiger partial charge in [-0.05, 0) is 0 Å². The number of H-pyrrole nitrogens is 1. The first-order valence-corrected chi connectivity index (χ1v) is 5.41. The normalized spacial score (nSPS) is 18.2. The molecule has 1 aromatic heterocycles. The van der Waals surface area contributed by atoms with Crippen LogP contribution < -0.4 is 5.73 Å². The minimum absolute atomic E-state index is 0.564. The molecule has 3 N–H and O–H groups in total. The van der Waals surface area contributed by atoms with Crippen LogP contribution in [0.1, 0.15) is 11.3 Å². The summed E-state index contributed by atoms with van der Waals surface area (Å²) in [6, 6.07) is 0. The first-order chi connectivity index (χ1) is 7.40. The summed E-state index contributed by atoms with van der Waals surface area (Å²) in [4.78, 5) is 2.41. The van der Waals surface area contributed by atoms with Crippen LogP contribution in [-0.2, 0) is 17.7 Å². The van der Waals surface area contributed by atoms with Crippen LogP contribution in [0.5, 0.6) is 0 Å². The largest absolute Gasteiger partial charge is 0.379 e. The summed E-state index contributed by atoms with van der Waals surface area (Å²) in [7, 11) is 0. The van der Waals surface area contributed by atoms with Crippen molar-refractivity contribution in [2.45, 2.75) is 13.0 Å². The fourth-order valence-corrected chi connectivity index (χ4v) is 1.82. The highest BCUT2D eigenvalue weighted by atomic mass is 16.5. The number of morpholine rings is 1. The maximum atomic E-state index is 5.61. The van der Waals surface area contributed by atoms with Crippen molar-refractivity contribution in [3.05, 3.63) is 17.5 Å². The SMILES string of the molecule is NCc1cn[nH]c1CCN1CCOCC1. The molecule has 2 rings (SSSR count). The number of hydrogen-bond acceptors (Lipinski definition) is 4. The molecular weight excluding hydrogens is 192 g/mol. The van der Waals surface area contributed by atoms with Gasteiger partial charge in [0.25, 0.3) is 0 Å². The van der Waals surface area contributed by atoms with E-state index in [1.807, 2.05) is 6.20 Å². The molecule has 1 aromatic rings. The van der Waals surface area contributed by atoms with Gasteiger partial charge in [0.15, 0.2) is 0 Å². The van der Waals surface area contributed by atoms with E-state index < -0.39 is 0 Å². The Hall–Kier alpha value is -0.910. The summed E-state index contributed by atoms with van der Waals surface area (Å²) in [5.41, 5.74) is 7.91. The fraction of sp³-hybridized carbons (Fsp3) is 0.700. The zero-order chi connectivity index (χ0) is 10.5. The van der Waals surface area contributed by atoms with E-state index in [2.05, 4.69) is 15.1 Å². The number of hydrogen-bond donors (Lipinski definition) is 2. The zero-order valence-electron chi connectivity index (χ0n) is 8.91. The molecule has 1 saturated heterocycles. The number of rotatable bonds is 4. The first-order valence-electron chi connectivity index (χ1n) is 5.41. The van der Waals surface area contributed by atoms with Crippen molar-refractivity contribution in [2.75, 3.05) is 32.8 Å². The van der Waals surface area contributed by atoms with E-state index in [1.165, 1.54) is 5.69 Å². The third kappa shape index (κ3) is 2.77. The molecule has 1 aliphatic rings. The van der Waals surface area contributed by atoms with E-state index in [4.69, 9.17) is 10.5 Å². The van der Waals surface area contributed by atoms with Crippen LogP contribution >= 0.6 is 0 Å². The van der Waals surface area contributed by atoms with Crippen molar-refractivity contribution >= 4 is 0 Å². The van der Waals surface area contributed by atoms with Gasteiger partial charge in [0.2, 0.25) is 0 Å². The van der Waals surface area contributed by atoms with Crippen molar-refractivity contribution in [1.29, 1.82) is 0 Å². The summed E-state index contributed by atoms with van der Waals surface area (Å²) in [5.74, 6) is 0. The molecule has 0 bridgehead atoms. The van der Waals surface area contributed by atoms with Crippen molar-refractivity contribution in [3.8, 4) is 0 Å². The lowest BCUT2D eigenvalue weighted by atomic mass is 10.2. The number of nitrogens with two attached hydrogens (primary N) is 1. The Morgan fingerprint density at radius 2 is 2.27 bits per heavy atom. The van der Waals surface area contributed by atoms with Crippen LogP contribution in [0.2, 0.25) is 0 Å². The first kappa shape index (κ1) is 10.6. The molecule has 1 aliphatic heterocycles. The third-order valence-electron chi connectivity index (χ3n) is 2.81. The van der Waals surface area contributed by atoms with Gasteiger partial charge < -0.3 is 10.5 Å². The number of ether oxygens (including phenoxy) is 1. The number of nitrogens with zero attached hydrogens (tertiary/aromatic N) is 2. The summed E-state index contributed by atoms with van der Waals surface area (Å²) >= 11 is 0. The summed E-state index contributed by atoms with van der Waals surface area (Å²) in [6.07, 6.45) is 2.81. The Bertz CT molecular complexity index is 293. The second-order valence-corrected chi connectivity index (χ2v) is 3.78. The van der Waals surface area contributed by atoms with E-state index in [-0.39, 0.29) is 0 Å². The summed E-state index contributed by atoms with van der Waals surface area (Å²) < 4.78 is 5.30. The van der Waals surface area contributed by atoms with Crippen molar-refractivity contribution in [3.63, 3.8) is 0 Å². The summed E-state index contributed by atoms with van der Waals surface area (Å²) in [6.45, 7) is 5.39. The molecule has 0 unspecified atom stereocenters. The highest BCUT2D eigenvalue weighted by Crippen LogP contribution is 2.06. The van der Waals surface area contributed by atoms with Gasteiger partial charge in [-0.25, -0.2) is 0 Å². The van der Waals surface area contributed by atoms with Gasteiger partial charge in [0.1, 0.15) is 0 Å². The third-order valence-corrected chi connectivity index (χ3v) is 2.81. The minimum atomic E-state index is 0.564. The van der Waals surface area contributed by atoms with Crippen LogP contribution in [0, 0.1) is 0 Å². The number of nitrogens with one attached hydrogen (secondary N) is 1. The lowest BCUT2D eigenvalue weighted by molar-refractivity contribution is 0.0383. The lowest BCUT2D eigenvalue weighted by Crippen LogP contribution is -2.37. The van der Waals surface area contributed by atoms with Gasteiger partial charge in [0, 0.05) is 43.9 Å². The Morgan fingerprint density at radius 3 is 3.00 bits per heavy atom. The molecule has 0 saturated carbocycles. The van der Waals surface area contributed by atoms with E-state index >= 15 is 0 Å². The molecule has 0 aromatic carbocycles. The molecule has 1 fully saturated rings. The summed E-state index contributed by atoms with van der Waals surface area (Å²) in [5, 5.41) is 7.02. The molecule has 5 heteroatoms. The average Bonchev–Trinajstić information content (AvgIpc) is 2.75. The molecule has 0 atom stereocenters. The molecule has 2 heterocycles. The van der Waals surface area contributed by atoms with Gasteiger partial charge in [-0.15, -0.1) is 0 Å². The Kier molecular flexibility index (Phi) is 3.71. The lowest BCUT2D eigenvalue weighted by Gasteiger charge is -2.26. The predicted octanol–water partition coefficient (Wildman–Crippen LogP) is -0.257. The second-order valence-electron chi connectivity index (χ2n) is 3.78. The van der Waals surface area contributed by atoms with Gasteiger partial charge in [-0.2, -0.15) is 5.10 Å². The predicted molar refractivity (Wildman–Crippen MR) is 57.4 cm³/mol. The molecule has 0 spiro atoms. The zero-order valence-corrected chi connectivity index (χ0v) is 8.91. The standard InChI is InChI=1S/C10H18N4O/c11-7-9-8-12-13-10(9)1-2-14-3-5-15-6-4-14/h8H,1-7,11H2,(H,12,13). The van der Waals surface area contributed by atoms with Crippen LogP contribution in [0.4, 0.5) is 0 Å². The Labute approximate surface area is 89.6 Å². The van der Waals surface area contributed by atoms with Crippen LogP contribution in [0.25, 0.3) is 0 Å². The monoisotopic (exact) mass is 210 g/mol. The molecule has 0 amide bonds. The average molecular weight is 210 g/mol. The molecule has 0 radical (unpaired) electrons. The minimum Gasteiger partial charge on any atom is -0.379 e. The molecule has 84 valence electrons. The van der Waals surface area contributed by atoms with Gasteiger partial charge in [-0.3, -0.25) is 10.00 Å². The van der Waals surface area contributed by atoms with Crippen molar-refractivity contribution in [2.24, 2.45) is 5.73 Å². The highest BCUT2D eigenvalue weighted by molar-refractivity contribution is 5.16. The van der Waals surface area contributed by atoms with Crippen molar-refractivity contribution in [1.82, 2.24) is 15.1 Å². The van der Waals surface area contributed by atoms with Crippen LogP contribution in [0.15, 0.2) is 6.20 Å². The topological polar surface area (TPSA) is 67.2 Å². The molecule has 5 nitrogen and oxygen atoms in total. The van der Waals surface area contributed by atoms with Gasteiger partial charge in [-0.1, -0.05) is 0 Å². The smallest absolute Gasteiger partial charge is 0.0594 e. The molecule has 15 heavy (non-hydrogen) atoms. The van der Waals surface area contributed by atoms with Crippen LogP contribution in [-0.4, -0.2) is 47.9 Å².